The number of hydrogen-bond donors (Lipinski definition) is 1. The molecule has 0 amide bonds. The third kappa shape index (κ3) is 2.07. The van der Waals surface area contributed by atoms with Gasteiger partial charge in [0.1, 0.15) is 0 Å². The summed E-state index contributed by atoms with van der Waals surface area (Å²) in [5.41, 5.74) is 3.84. The maximum absolute atomic E-state index is 11.5. The summed E-state index contributed by atoms with van der Waals surface area (Å²) in [6.07, 6.45) is 3.31. The number of rotatable bonds is 4. The van der Waals surface area contributed by atoms with E-state index >= 15 is 0 Å². The molecule has 0 aliphatic heterocycles. The van der Waals surface area contributed by atoms with Gasteiger partial charge in [-0.3, -0.25) is 9.36 Å². The molecule has 0 unspecified atom stereocenters. The van der Waals surface area contributed by atoms with Gasteiger partial charge in [-0.2, -0.15) is 0 Å². The smallest absolute Gasteiger partial charge is 0.218 e. The Morgan fingerprint density at radius 2 is 1.83 bits per heavy atom. The largest absolute Gasteiger partial charge is 0.396 e. The Kier molecular flexibility index (Phi) is 3.24. The van der Waals surface area contributed by atoms with Crippen molar-refractivity contribution in [3.63, 3.8) is 0 Å². The Morgan fingerprint density at radius 1 is 1.00 bits per heavy atom. The van der Waals surface area contributed by atoms with Crippen LogP contribution in [0.1, 0.15) is 5.69 Å². The van der Waals surface area contributed by atoms with Crippen LogP contribution in [0.15, 0.2) is 60.8 Å². The van der Waals surface area contributed by atoms with Crippen LogP contribution in [0.3, 0.4) is 0 Å². The summed E-state index contributed by atoms with van der Waals surface area (Å²) >= 11 is 0. The molecule has 1 N–H and O–H groups in total. The Bertz CT molecular complexity index is 1010. The molecule has 0 bridgehead atoms. The molecule has 0 aliphatic rings. The van der Waals surface area contributed by atoms with E-state index in [0.29, 0.717) is 6.42 Å². The molecule has 23 heavy (non-hydrogen) atoms. The summed E-state index contributed by atoms with van der Waals surface area (Å²) < 4.78 is 3.75. The highest BCUT2D eigenvalue weighted by Gasteiger charge is 2.13. The Morgan fingerprint density at radius 3 is 2.65 bits per heavy atom. The van der Waals surface area contributed by atoms with E-state index in [1.807, 2.05) is 42.6 Å². The van der Waals surface area contributed by atoms with Gasteiger partial charge in [0, 0.05) is 30.3 Å². The van der Waals surface area contributed by atoms with E-state index < -0.39 is 0 Å². The maximum Gasteiger partial charge on any atom is 0.218 e. The molecule has 4 heteroatoms. The number of hydrogen-bond acceptors (Lipinski definition) is 2. The van der Waals surface area contributed by atoms with Crippen molar-refractivity contribution in [3.05, 3.63) is 66.5 Å². The zero-order valence-corrected chi connectivity index (χ0v) is 12.5. The lowest BCUT2D eigenvalue weighted by molar-refractivity contribution is 0.298. The highest BCUT2D eigenvalue weighted by Crippen LogP contribution is 2.29. The van der Waals surface area contributed by atoms with Gasteiger partial charge in [-0.15, -0.1) is 0 Å². The first-order chi connectivity index (χ1) is 11.3. The molecule has 0 saturated heterocycles. The van der Waals surface area contributed by atoms with Crippen LogP contribution in [0.4, 0.5) is 0 Å². The number of aliphatic hydroxyl groups is 1. The molecule has 2 heterocycles. The normalized spacial score (nSPS) is 11.3. The number of aromatic nitrogens is 2. The van der Waals surface area contributed by atoms with Gasteiger partial charge in [0.2, 0.25) is 6.41 Å². The number of carbonyl (C=O) groups excluding carboxylic acids is 1. The van der Waals surface area contributed by atoms with E-state index in [2.05, 4.69) is 22.8 Å². The second-order valence-corrected chi connectivity index (χ2v) is 5.54. The summed E-state index contributed by atoms with van der Waals surface area (Å²) in [5.74, 6) is 0. The number of para-hydroxylation sites is 1. The average Bonchev–Trinajstić information content (AvgIpc) is 3.15. The zero-order chi connectivity index (χ0) is 15.8. The molecule has 0 atom stereocenters. The first kappa shape index (κ1) is 13.8. The van der Waals surface area contributed by atoms with E-state index in [1.165, 1.54) is 5.39 Å². The van der Waals surface area contributed by atoms with Gasteiger partial charge in [0.05, 0.1) is 16.7 Å². The first-order valence-corrected chi connectivity index (χ1v) is 7.59. The van der Waals surface area contributed by atoms with Crippen molar-refractivity contribution in [1.29, 1.82) is 0 Å². The van der Waals surface area contributed by atoms with Gasteiger partial charge in [0.25, 0.3) is 0 Å². The second-order valence-electron chi connectivity index (χ2n) is 5.54. The summed E-state index contributed by atoms with van der Waals surface area (Å²) in [4.78, 5) is 11.5. The van der Waals surface area contributed by atoms with E-state index in [1.54, 1.807) is 4.57 Å². The van der Waals surface area contributed by atoms with Crippen molar-refractivity contribution < 1.29 is 9.90 Å². The number of fused-ring (bicyclic) bond motifs is 2. The Hall–Kier alpha value is -2.85. The maximum atomic E-state index is 11.5. The van der Waals surface area contributed by atoms with Crippen molar-refractivity contribution in [3.8, 4) is 5.69 Å². The molecule has 4 nitrogen and oxygen atoms in total. The predicted octanol–water partition coefficient (Wildman–Crippen LogP) is 3.16. The predicted molar refractivity (Wildman–Crippen MR) is 91.7 cm³/mol. The van der Waals surface area contributed by atoms with Gasteiger partial charge in [-0.25, -0.2) is 0 Å². The lowest BCUT2D eigenvalue weighted by Crippen LogP contribution is -2.02. The molecule has 0 saturated carbocycles. The molecule has 0 spiro atoms. The lowest BCUT2D eigenvalue weighted by atomic mass is 10.2. The highest BCUT2D eigenvalue weighted by molar-refractivity contribution is 5.95. The molecule has 114 valence electrons. The van der Waals surface area contributed by atoms with Crippen molar-refractivity contribution in [2.24, 2.45) is 0 Å². The van der Waals surface area contributed by atoms with E-state index in [-0.39, 0.29) is 6.61 Å². The van der Waals surface area contributed by atoms with Crippen molar-refractivity contribution in [2.75, 3.05) is 6.61 Å². The monoisotopic (exact) mass is 304 g/mol. The number of carbonyl (C=O) groups is 1. The summed E-state index contributed by atoms with van der Waals surface area (Å²) in [6.45, 7) is 0.0198. The minimum atomic E-state index is 0.0198. The topological polar surface area (TPSA) is 47.2 Å². The third-order valence-electron chi connectivity index (χ3n) is 4.27. The van der Waals surface area contributed by atoms with Crippen LogP contribution in [-0.2, 0) is 11.2 Å². The van der Waals surface area contributed by atoms with Crippen molar-refractivity contribution >= 4 is 28.2 Å². The summed E-state index contributed by atoms with van der Waals surface area (Å²) in [7, 11) is 0. The van der Waals surface area contributed by atoms with Gasteiger partial charge in [-0.1, -0.05) is 24.3 Å². The SMILES string of the molecule is O=Cn1c(CCO)cc2c(-n3ccc4ccccc43)cccc21. The van der Waals surface area contributed by atoms with Crippen molar-refractivity contribution in [1.82, 2.24) is 9.13 Å². The molecule has 0 radical (unpaired) electrons. The van der Waals surface area contributed by atoms with Crippen molar-refractivity contribution in [2.45, 2.75) is 6.42 Å². The second kappa shape index (κ2) is 5.41. The first-order valence-electron chi connectivity index (χ1n) is 7.59. The molecule has 4 aromatic rings. The third-order valence-corrected chi connectivity index (χ3v) is 4.27. The number of benzene rings is 2. The van der Waals surface area contributed by atoms with Crippen LogP contribution >= 0.6 is 0 Å². The highest BCUT2D eigenvalue weighted by atomic mass is 16.3. The molecule has 2 aromatic heterocycles. The van der Waals surface area contributed by atoms with E-state index in [4.69, 9.17) is 0 Å². The van der Waals surface area contributed by atoms with Crippen LogP contribution < -0.4 is 0 Å². The van der Waals surface area contributed by atoms with Gasteiger partial charge < -0.3 is 9.67 Å². The summed E-state index contributed by atoms with van der Waals surface area (Å²) in [5, 5.41) is 11.4. The fourth-order valence-electron chi connectivity index (χ4n) is 3.22. The molecular weight excluding hydrogens is 288 g/mol. The minimum Gasteiger partial charge on any atom is -0.396 e. The van der Waals surface area contributed by atoms with Crippen LogP contribution in [-0.4, -0.2) is 27.3 Å². The molecule has 4 rings (SSSR count). The Labute approximate surface area is 133 Å². The lowest BCUT2D eigenvalue weighted by Gasteiger charge is -2.07. The standard InChI is InChI=1S/C19H16N2O2/c22-11-9-15-12-16-18(6-3-7-19(16)21(15)13-23)20-10-8-14-4-1-2-5-17(14)20/h1-8,10,12-13,22H,9,11H2. The quantitative estimate of drug-likeness (QED) is 0.589. The molecule has 2 aromatic carbocycles. The van der Waals surface area contributed by atoms with Crippen LogP contribution in [0.2, 0.25) is 0 Å². The number of nitrogens with zero attached hydrogens (tertiary/aromatic N) is 2. The fraction of sp³-hybridized carbons (Fsp3) is 0.105. The summed E-state index contributed by atoms with van der Waals surface area (Å²) in [6, 6.07) is 18.2. The minimum absolute atomic E-state index is 0.0198. The van der Waals surface area contributed by atoms with Crippen LogP contribution in [0.5, 0.6) is 0 Å². The van der Waals surface area contributed by atoms with Crippen LogP contribution in [0.25, 0.3) is 27.5 Å². The molecule has 0 aliphatic carbocycles. The zero-order valence-electron chi connectivity index (χ0n) is 12.5. The van der Waals surface area contributed by atoms with Gasteiger partial charge in [-0.05, 0) is 35.7 Å². The number of aliphatic hydroxyl groups excluding tert-OH is 1. The average molecular weight is 304 g/mol. The molecule has 0 fully saturated rings. The fourth-order valence-corrected chi connectivity index (χ4v) is 3.22. The molecular formula is C19H16N2O2. The van der Waals surface area contributed by atoms with E-state index in [9.17, 15) is 9.90 Å². The van der Waals surface area contributed by atoms with Gasteiger partial charge >= 0.3 is 0 Å². The van der Waals surface area contributed by atoms with Gasteiger partial charge in [0.15, 0.2) is 0 Å². The van der Waals surface area contributed by atoms with Crippen LogP contribution in [0, 0.1) is 0 Å². The Balaban J connectivity index is 2.02. The van der Waals surface area contributed by atoms with E-state index in [0.717, 1.165) is 34.2 Å².